The zero-order valence-electron chi connectivity index (χ0n) is 11.8. The van der Waals surface area contributed by atoms with E-state index in [0.29, 0.717) is 25.8 Å². The summed E-state index contributed by atoms with van der Waals surface area (Å²) in [4.78, 5) is 2.50. The van der Waals surface area contributed by atoms with Gasteiger partial charge in [0.2, 0.25) is 0 Å². The minimum absolute atomic E-state index is 0.250. The first kappa shape index (κ1) is 14.2. The first-order valence-electron chi connectivity index (χ1n) is 7.25. The average Bonchev–Trinajstić information content (AvgIpc) is 2.86. The largest absolute Gasteiger partial charge is 0.486 e. The number of nitrogens with two attached hydrogens (primary N) is 1. The molecule has 1 fully saturated rings. The molecular weight excluding hydrogens is 320 g/mol. The number of likely N-dealkylation sites (tertiary alicyclic amines) is 1. The van der Waals surface area contributed by atoms with Gasteiger partial charge in [0.25, 0.3) is 0 Å². The topological polar surface area (TPSA) is 47.7 Å². The van der Waals surface area contributed by atoms with Crippen molar-refractivity contribution in [2.75, 3.05) is 26.3 Å². The van der Waals surface area contributed by atoms with Crippen molar-refractivity contribution < 1.29 is 9.47 Å². The molecule has 2 aliphatic rings. The summed E-state index contributed by atoms with van der Waals surface area (Å²) in [5.41, 5.74) is 7.25. The highest BCUT2D eigenvalue weighted by molar-refractivity contribution is 9.10. The van der Waals surface area contributed by atoms with Crippen LogP contribution in [0.25, 0.3) is 0 Å². The maximum Gasteiger partial charge on any atom is 0.175 e. The molecule has 110 valence electrons. The normalized spacial score (nSPS) is 23.9. The number of hydrogen-bond acceptors (Lipinski definition) is 4. The second kappa shape index (κ2) is 5.92. The highest BCUT2D eigenvalue weighted by atomic mass is 79.9. The van der Waals surface area contributed by atoms with Crippen molar-refractivity contribution in [3.8, 4) is 11.5 Å². The number of nitrogens with zero attached hydrogens (tertiary/aromatic N) is 1. The molecule has 2 atom stereocenters. The summed E-state index contributed by atoms with van der Waals surface area (Å²) in [6, 6.07) is 5.05. The third-order valence-electron chi connectivity index (χ3n) is 4.23. The van der Waals surface area contributed by atoms with Gasteiger partial charge in [0, 0.05) is 18.6 Å². The molecule has 0 bridgehead atoms. The van der Waals surface area contributed by atoms with E-state index in [4.69, 9.17) is 15.2 Å². The highest BCUT2D eigenvalue weighted by Crippen LogP contribution is 2.41. The molecule has 2 unspecified atom stereocenters. The summed E-state index contributed by atoms with van der Waals surface area (Å²) in [6.07, 6.45) is 2.51. The van der Waals surface area contributed by atoms with Gasteiger partial charge in [0.05, 0.1) is 4.47 Å². The van der Waals surface area contributed by atoms with Crippen LogP contribution < -0.4 is 15.2 Å². The number of ether oxygens (including phenoxy) is 2. The van der Waals surface area contributed by atoms with E-state index < -0.39 is 0 Å². The fourth-order valence-corrected chi connectivity index (χ4v) is 3.78. The zero-order chi connectivity index (χ0) is 14.1. The zero-order valence-corrected chi connectivity index (χ0v) is 13.4. The molecular formula is C15H21BrN2O2. The Bertz CT molecular complexity index is 495. The van der Waals surface area contributed by atoms with E-state index in [2.05, 4.69) is 39.9 Å². The van der Waals surface area contributed by atoms with Gasteiger partial charge in [-0.25, -0.2) is 0 Å². The molecule has 1 aromatic carbocycles. The van der Waals surface area contributed by atoms with Gasteiger partial charge in [0.15, 0.2) is 11.5 Å². The van der Waals surface area contributed by atoms with Crippen LogP contribution in [0.1, 0.15) is 31.4 Å². The Labute approximate surface area is 128 Å². The van der Waals surface area contributed by atoms with E-state index >= 15 is 0 Å². The Balaban J connectivity index is 1.93. The molecule has 1 saturated heterocycles. The Morgan fingerprint density at radius 3 is 2.90 bits per heavy atom. The molecule has 0 radical (unpaired) electrons. The molecule has 5 heteroatoms. The molecule has 0 saturated carbocycles. The fourth-order valence-electron chi connectivity index (χ4n) is 3.20. The van der Waals surface area contributed by atoms with Crippen molar-refractivity contribution >= 4 is 15.9 Å². The smallest absolute Gasteiger partial charge is 0.175 e. The molecule has 2 aliphatic heterocycles. The van der Waals surface area contributed by atoms with Crippen LogP contribution >= 0.6 is 15.9 Å². The molecule has 1 aromatic rings. The second-order valence-corrected chi connectivity index (χ2v) is 6.36. The van der Waals surface area contributed by atoms with E-state index in [9.17, 15) is 0 Å². The molecule has 3 rings (SSSR count). The number of rotatable bonds is 3. The Kier molecular flexibility index (Phi) is 4.19. The van der Waals surface area contributed by atoms with Gasteiger partial charge >= 0.3 is 0 Å². The summed E-state index contributed by atoms with van der Waals surface area (Å²) < 4.78 is 12.3. The Morgan fingerprint density at radius 2 is 2.20 bits per heavy atom. The van der Waals surface area contributed by atoms with Crippen molar-refractivity contribution in [3.05, 3.63) is 22.2 Å². The van der Waals surface area contributed by atoms with Crippen LogP contribution in [0.15, 0.2) is 16.6 Å². The van der Waals surface area contributed by atoms with Crippen molar-refractivity contribution in [2.45, 2.75) is 31.8 Å². The van der Waals surface area contributed by atoms with Crippen LogP contribution in [0, 0.1) is 0 Å². The van der Waals surface area contributed by atoms with Gasteiger partial charge in [0.1, 0.15) is 13.2 Å². The standard InChI is InChI=1S/C15H21BrN2O2/c1-10-3-2-4-18(10)13(9-17)11-7-12(16)15-14(8-11)19-5-6-20-15/h7-8,10,13H,2-6,9,17H2,1H3. The molecule has 4 nitrogen and oxygen atoms in total. The lowest BCUT2D eigenvalue weighted by Crippen LogP contribution is -2.36. The predicted octanol–water partition coefficient (Wildman–Crippen LogP) is 2.70. The summed E-state index contributed by atoms with van der Waals surface area (Å²) in [5.74, 6) is 1.64. The molecule has 0 aromatic heterocycles. The van der Waals surface area contributed by atoms with Crippen molar-refractivity contribution in [1.82, 2.24) is 4.90 Å². The lowest BCUT2D eigenvalue weighted by molar-refractivity contribution is 0.167. The third-order valence-corrected chi connectivity index (χ3v) is 4.82. The van der Waals surface area contributed by atoms with Gasteiger partial charge in [-0.1, -0.05) is 0 Å². The van der Waals surface area contributed by atoms with Crippen molar-refractivity contribution in [2.24, 2.45) is 5.73 Å². The van der Waals surface area contributed by atoms with E-state index in [1.165, 1.54) is 18.4 Å². The maximum atomic E-state index is 6.04. The first-order chi connectivity index (χ1) is 9.70. The van der Waals surface area contributed by atoms with Gasteiger partial charge in [-0.2, -0.15) is 0 Å². The van der Waals surface area contributed by atoms with Gasteiger partial charge in [-0.15, -0.1) is 0 Å². The van der Waals surface area contributed by atoms with Crippen LogP contribution in [0.4, 0.5) is 0 Å². The summed E-state index contributed by atoms with van der Waals surface area (Å²) in [5, 5.41) is 0. The monoisotopic (exact) mass is 340 g/mol. The number of fused-ring (bicyclic) bond motifs is 1. The molecule has 0 amide bonds. The highest BCUT2D eigenvalue weighted by Gasteiger charge is 2.29. The van der Waals surface area contributed by atoms with Crippen LogP contribution in [0.5, 0.6) is 11.5 Å². The predicted molar refractivity (Wildman–Crippen MR) is 82.3 cm³/mol. The fraction of sp³-hybridized carbons (Fsp3) is 0.600. The number of hydrogen-bond donors (Lipinski definition) is 1. The van der Waals surface area contributed by atoms with E-state index in [0.717, 1.165) is 22.5 Å². The van der Waals surface area contributed by atoms with Crippen LogP contribution in [0.2, 0.25) is 0 Å². The summed E-state index contributed by atoms with van der Waals surface area (Å²) in [6.45, 7) is 5.24. The lowest BCUT2D eigenvalue weighted by atomic mass is 10.0. The van der Waals surface area contributed by atoms with Crippen LogP contribution in [-0.4, -0.2) is 37.2 Å². The summed E-state index contributed by atoms with van der Waals surface area (Å²) >= 11 is 3.59. The quantitative estimate of drug-likeness (QED) is 0.918. The van der Waals surface area contributed by atoms with Gasteiger partial charge in [-0.3, -0.25) is 4.90 Å². The van der Waals surface area contributed by atoms with E-state index in [1.807, 2.05) is 0 Å². The van der Waals surface area contributed by atoms with Crippen LogP contribution in [-0.2, 0) is 0 Å². The average molecular weight is 341 g/mol. The molecule has 0 spiro atoms. The van der Waals surface area contributed by atoms with E-state index in [-0.39, 0.29) is 6.04 Å². The van der Waals surface area contributed by atoms with Gasteiger partial charge in [-0.05, 0) is 59.9 Å². The van der Waals surface area contributed by atoms with Crippen molar-refractivity contribution in [1.29, 1.82) is 0 Å². The second-order valence-electron chi connectivity index (χ2n) is 5.51. The SMILES string of the molecule is CC1CCCN1C(CN)c1cc(Br)c2c(c1)OCCO2. The number of halogens is 1. The summed E-state index contributed by atoms with van der Waals surface area (Å²) in [7, 11) is 0. The molecule has 20 heavy (non-hydrogen) atoms. The first-order valence-corrected chi connectivity index (χ1v) is 8.05. The Hall–Kier alpha value is -0.780. The molecule has 2 heterocycles. The Morgan fingerprint density at radius 1 is 1.40 bits per heavy atom. The minimum Gasteiger partial charge on any atom is -0.486 e. The number of benzene rings is 1. The molecule has 0 aliphatic carbocycles. The lowest BCUT2D eigenvalue weighted by Gasteiger charge is -2.32. The van der Waals surface area contributed by atoms with Crippen molar-refractivity contribution in [3.63, 3.8) is 0 Å². The third kappa shape index (κ3) is 2.54. The van der Waals surface area contributed by atoms with E-state index in [1.54, 1.807) is 0 Å². The molecule has 2 N–H and O–H groups in total. The van der Waals surface area contributed by atoms with Crippen LogP contribution in [0.3, 0.4) is 0 Å². The maximum absolute atomic E-state index is 6.04. The van der Waals surface area contributed by atoms with Gasteiger partial charge < -0.3 is 15.2 Å². The minimum atomic E-state index is 0.250.